The third-order valence-corrected chi connectivity index (χ3v) is 4.99. The van der Waals surface area contributed by atoms with Crippen LogP contribution in [0.15, 0.2) is 42.6 Å². The lowest BCUT2D eigenvalue weighted by Crippen LogP contribution is -2.32. The van der Waals surface area contributed by atoms with E-state index in [-0.39, 0.29) is 11.8 Å². The maximum absolute atomic E-state index is 12.7. The summed E-state index contributed by atoms with van der Waals surface area (Å²) in [5.74, 6) is 1.48. The normalized spacial score (nSPS) is 11.6. The number of methoxy groups -OCH3 is 1. The molecule has 136 valence electrons. The molecule has 2 heterocycles. The summed E-state index contributed by atoms with van der Waals surface area (Å²) in [7, 11) is 1.63. The molecule has 0 radical (unpaired) electrons. The molecule has 0 unspecified atom stereocenters. The summed E-state index contributed by atoms with van der Waals surface area (Å²) in [5, 5.41) is 3.02. The monoisotopic (exact) mass is 371 g/mol. The Hall–Kier alpha value is -2.53. The molecule has 0 saturated heterocycles. The molecule has 1 N–H and O–H groups in total. The van der Waals surface area contributed by atoms with Crippen LogP contribution in [0.1, 0.15) is 19.4 Å². The van der Waals surface area contributed by atoms with Gasteiger partial charge in [-0.25, -0.2) is 4.98 Å². The van der Waals surface area contributed by atoms with E-state index < -0.39 is 5.41 Å². The molecule has 0 bridgehead atoms. The summed E-state index contributed by atoms with van der Waals surface area (Å²) in [5.41, 5.74) is 2.79. The molecule has 0 fully saturated rings. The standard InChI is InChI=1S/C20H22ClN3O2/c1-13-9-10-24-16(11-13)22-17(14-5-7-15(26-4)8-6-14)18(24)23-19(25)20(2,3)12-21/h5-11H,12H2,1-4H3,(H,23,25). The highest BCUT2D eigenvalue weighted by Gasteiger charge is 2.28. The number of benzene rings is 1. The second kappa shape index (κ2) is 7.00. The van der Waals surface area contributed by atoms with Gasteiger partial charge in [-0.2, -0.15) is 0 Å². The number of hydrogen-bond donors (Lipinski definition) is 1. The Kier molecular flexibility index (Phi) is 4.92. The number of carbonyl (C=O) groups is 1. The molecule has 5 nitrogen and oxygen atoms in total. The molecular weight excluding hydrogens is 350 g/mol. The van der Waals surface area contributed by atoms with Crippen molar-refractivity contribution in [3.05, 3.63) is 48.2 Å². The van der Waals surface area contributed by atoms with Gasteiger partial charge in [0, 0.05) is 17.6 Å². The minimum atomic E-state index is -0.687. The highest BCUT2D eigenvalue weighted by atomic mass is 35.5. The van der Waals surface area contributed by atoms with Crippen molar-refractivity contribution in [2.45, 2.75) is 20.8 Å². The molecule has 0 saturated carbocycles. The fraction of sp³-hybridized carbons (Fsp3) is 0.300. The first-order valence-electron chi connectivity index (χ1n) is 8.36. The lowest BCUT2D eigenvalue weighted by Gasteiger charge is -2.20. The summed E-state index contributed by atoms with van der Waals surface area (Å²) in [4.78, 5) is 17.4. The Balaban J connectivity index is 2.13. The van der Waals surface area contributed by atoms with Crippen LogP contribution < -0.4 is 10.1 Å². The summed E-state index contributed by atoms with van der Waals surface area (Å²) in [6.45, 7) is 5.64. The number of anilines is 1. The van der Waals surface area contributed by atoms with Crippen molar-refractivity contribution >= 4 is 29.0 Å². The van der Waals surface area contributed by atoms with E-state index in [2.05, 4.69) is 5.32 Å². The lowest BCUT2D eigenvalue weighted by atomic mass is 9.95. The number of pyridine rings is 1. The zero-order valence-corrected chi connectivity index (χ0v) is 16.1. The molecule has 2 aromatic heterocycles. The Bertz CT molecular complexity index is 946. The first-order valence-corrected chi connectivity index (χ1v) is 8.90. The fourth-order valence-corrected chi connectivity index (χ4v) is 2.67. The number of aromatic nitrogens is 2. The lowest BCUT2D eigenvalue weighted by molar-refractivity contribution is -0.123. The number of fused-ring (bicyclic) bond motifs is 1. The topological polar surface area (TPSA) is 55.6 Å². The summed E-state index contributed by atoms with van der Waals surface area (Å²) in [6, 6.07) is 11.6. The maximum Gasteiger partial charge on any atom is 0.232 e. The number of rotatable bonds is 5. The number of imidazole rings is 1. The molecule has 0 aliphatic heterocycles. The van der Waals surface area contributed by atoms with Gasteiger partial charge >= 0.3 is 0 Å². The van der Waals surface area contributed by atoms with Crippen LogP contribution in [0.25, 0.3) is 16.9 Å². The number of carbonyl (C=O) groups excluding carboxylic acids is 1. The van der Waals surface area contributed by atoms with E-state index in [1.165, 1.54) is 0 Å². The molecule has 6 heteroatoms. The third kappa shape index (κ3) is 3.40. The molecule has 0 spiro atoms. The van der Waals surface area contributed by atoms with E-state index in [0.717, 1.165) is 22.5 Å². The van der Waals surface area contributed by atoms with Gasteiger partial charge in [0.2, 0.25) is 5.91 Å². The molecule has 1 aromatic carbocycles. The van der Waals surface area contributed by atoms with Crippen molar-refractivity contribution in [3.63, 3.8) is 0 Å². The first-order chi connectivity index (χ1) is 12.4. The SMILES string of the molecule is COc1ccc(-c2nc3cc(C)ccn3c2NC(=O)C(C)(C)CCl)cc1. The molecule has 0 atom stereocenters. The van der Waals surface area contributed by atoms with Crippen molar-refractivity contribution in [1.82, 2.24) is 9.38 Å². The number of hydrogen-bond acceptors (Lipinski definition) is 3. The molecule has 3 aromatic rings. The van der Waals surface area contributed by atoms with Gasteiger partial charge in [-0.15, -0.1) is 11.6 Å². The molecule has 0 aliphatic carbocycles. The number of halogens is 1. The minimum absolute atomic E-state index is 0.148. The van der Waals surface area contributed by atoms with Crippen molar-refractivity contribution in [2.75, 3.05) is 18.3 Å². The van der Waals surface area contributed by atoms with Gasteiger partial charge in [0.1, 0.15) is 22.9 Å². The summed E-state index contributed by atoms with van der Waals surface area (Å²) in [6.07, 6.45) is 1.91. The Morgan fingerprint density at radius 2 is 1.96 bits per heavy atom. The minimum Gasteiger partial charge on any atom is -0.497 e. The van der Waals surface area contributed by atoms with E-state index >= 15 is 0 Å². The number of ether oxygens (including phenoxy) is 1. The summed E-state index contributed by atoms with van der Waals surface area (Å²) < 4.78 is 7.11. The van der Waals surface area contributed by atoms with E-state index in [9.17, 15) is 4.79 Å². The van der Waals surface area contributed by atoms with Crippen molar-refractivity contribution in [2.24, 2.45) is 5.41 Å². The van der Waals surface area contributed by atoms with E-state index in [4.69, 9.17) is 21.3 Å². The van der Waals surface area contributed by atoms with Crippen LogP contribution in [-0.4, -0.2) is 28.3 Å². The van der Waals surface area contributed by atoms with Gasteiger partial charge < -0.3 is 10.1 Å². The van der Waals surface area contributed by atoms with Gasteiger partial charge in [0.05, 0.1) is 12.5 Å². The molecule has 1 amide bonds. The van der Waals surface area contributed by atoms with Gasteiger partial charge in [-0.05, 0) is 62.7 Å². The molecule has 3 rings (SSSR count). The van der Waals surface area contributed by atoms with Crippen molar-refractivity contribution < 1.29 is 9.53 Å². The Labute approximate surface area is 158 Å². The number of amides is 1. The molecule has 26 heavy (non-hydrogen) atoms. The fourth-order valence-electron chi connectivity index (χ4n) is 2.55. The molecular formula is C20H22ClN3O2. The molecule has 0 aliphatic rings. The van der Waals surface area contributed by atoms with Crippen LogP contribution in [0.3, 0.4) is 0 Å². The van der Waals surface area contributed by atoms with Gasteiger partial charge in [-0.3, -0.25) is 9.20 Å². The van der Waals surface area contributed by atoms with Crippen LogP contribution in [0.2, 0.25) is 0 Å². The Morgan fingerprint density at radius 1 is 1.27 bits per heavy atom. The van der Waals surface area contributed by atoms with Gasteiger partial charge in [-0.1, -0.05) is 0 Å². The second-order valence-electron chi connectivity index (χ2n) is 6.94. The smallest absolute Gasteiger partial charge is 0.232 e. The average molecular weight is 372 g/mol. The van der Waals surface area contributed by atoms with Gasteiger partial charge in [0.15, 0.2) is 0 Å². The number of aryl methyl sites for hydroxylation is 1. The Morgan fingerprint density at radius 3 is 2.58 bits per heavy atom. The zero-order valence-electron chi connectivity index (χ0n) is 15.3. The van der Waals surface area contributed by atoms with Crippen LogP contribution in [0.5, 0.6) is 5.75 Å². The van der Waals surface area contributed by atoms with Crippen LogP contribution >= 0.6 is 11.6 Å². The second-order valence-corrected chi connectivity index (χ2v) is 7.21. The summed E-state index contributed by atoms with van der Waals surface area (Å²) >= 11 is 5.96. The van der Waals surface area contributed by atoms with E-state index in [1.54, 1.807) is 7.11 Å². The van der Waals surface area contributed by atoms with Crippen molar-refractivity contribution in [1.29, 1.82) is 0 Å². The highest BCUT2D eigenvalue weighted by Crippen LogP contribution is 2.31. The largest absolute Gasteiger partial charge is 0.497 e. The van der Waals surface area contributed by atoms with E-state index in [0.29, 0.717) is 11.5 Å². The predicted octanol–water partition coefficient (Wildman–Crippen LogP) is 4.52. The van der Waals surface area contributed by atoms with Gasteiger partial charge in [0.25, 0.3) is 0 Å². The third-order valence-electron chi connectivity index (χ3n) is 4.33. The maximum atomic E-state index is 12.7. The van der Waals surface area contributed by atoms with Crippen LogP contribution in [0.4, 0.5) is 5.82 Å². The number of nitrogens with one attached hydrogen (secondary N) is 1. The predicted molar refractivity (Wildman–Crippen MR) is 105 cm³/mol. The number of alkyl halides is 1. The van der Waals surface area contributed by atoms with E-state index in [1.807, 2.05) is 67.8 Å². The van der Waals surface area contributed by atoms with Crippen LogP contribution in [-0.2, 0) is 4.79 Å². The quantitative estimate of drug-likeness (QED) is 0.671. The van der Waals surface area contributed by atoms with Crippen LogP contribution in [0, 0.1) is 12.3 Å². The van der Waals surface area contributed by atoms with Crippen molar-refractivity contribution in [3.8, 4) is 17.0 Å². The average Bonchev–Trinajstić information content (AvgIpc) is 2.99. The zero-order chi connectivity index (χ0) is 18.9. The highest BCUT2D eigenvalue weighted by molar-refractivity contribution is 6.20. The number of nitrogens with zero attached hydrogens (tertiary/aromatic N) is 2. The first kappa shape index (κ1) is 18.3.